The third kappa shape index (κ3) is 4.76. The lowest BCUT2D eigenvalue weighted by molar-refractivity contribution is -0.152. The molecule has 6 nitrogen and oxygen atoms in total. The first-order valence-electron chi connectivity index (χ1n) is 10.4. The predicted molar refractivity (Wildman–Crippen MR) is 118 cm³/mol. The van der Waals surface area contributed by atoms with Crippen LogP contribution in [0.1, 0.15) is 5.56 Å². The van der Waals surface area contributed by atoms with Crippen LogP contribution in [0, 0.1) is 11.8 Å². The smallest absolute Gasteiger partial charge is 0.254 e. The van der Waals surface area contributed by atoms with Gasteiger partial charge < -0.3 is 20.4 Å². The van der Waals surface area contributed by atoms with E-state index in [4.69, 9.17) is 0 Å². The molecule has 0 bridgehead atoms. The third-order valence-electron chi connectivity index (χ3n) is 5.90. The summed E-state index contributed by atoms with van der Waals surface area (Å²) in [6.45, 7) is 1.14. The van der Waals surface area contributed by atoms with Crippen LogP contribution in [0.3, 0.4) is 0 Å². The van der Waals surface area contributed by atoms with E-state index in [0.29, 0.717) is 13.1 Å². The van der Waals surface area contributed by atoms with Gasteiger partial charge in [0.1, 0.15) is 0 Å². The molecule has 31 heavy (non-hydrogen) atoms. The second-order valence-electron chi connectivity index (χ2n) is 8.01. The van der Waals surface area contributed by atoms with Crippen molar-refractivity contribution in [3.8, 4) is 11.1 Å². The summed E-state index contributed by atoms with van der Waals surface area (Å²) in [5.41, 5.74) is 3.01. The zero-order valence-corrected chi connectivity index (χ0v) is 17.1. The Morgan fingerprint density at radius 2 is 1.45 bits per heavy atom. The van der Waals surface area contributed by atoms with Gasteiger partial charge in [-0.1, -0.05) is 78.9 Å². The zero-order valence-electron chi connectivity index (χ0n) is 17.1. The summed E-state index contributed by atoms with van der Waals surface area (Å²) in [5, 5.41) is 23.1. The second-order valence-corrected chi connectivity index (χ2v) is 8.01. The Kier molecular flexibility index (Phi) is 6.30. The highest BCUT2D eigenvalue weighted by molar-refractivity contribution is 5.90. The Balaban J connectivity index is 1.29. The number of benzene rings is 2. The van der Waals surface area contributed by atoms with Crippen molar-refractivity contribution < 1.29 is 19.8 Å². The summed E-state index contributed by atoms with van der Waals surface area (Å²) >= 11 is 0. The van der Waals surface area contributed by atoms with Gasteiger partial charge in [-0.25, -0.2) is 0 Å². The van der Waals surface area contributed by atoms with Crippen molar-refractivity contribution in [2.24, 2.45) is 11.8 Å². The SMILES string of the molecule is O=C(NCc1ccc(-c2ccccc2)cc1)[C@H](O)[C@@H](O)C(=O)N1CC2C=CC=CC2C1. The van der Waals surface area contributed by atoms with E-state index < -0.39 is 24.0 Å². The van der Waals surface area contributed by atoms with Gasteiger partial charge in [-0.2, -0.15) is 0 Å². The number of fused-ring (bicyclic) bond motifs is 1. The van der Waals surface area contributed by atoms with E-state index in [-0.39, 0.29) is 18.4 Å². The quantitative estimate of drug-likeness (QED) is 0.668. The summed E-state index contributed by atoms with van der Waals surface area (Å²) in [6, 6.07) is 17.7. The molecule has 2 unspecified atom stereocenters. The molecule has 1 aliphatic heterocycles. The standard InChI is InChI=1S/C25H26N2O4/c28-22(23(29)25(31)27-15-20-8-4-5-9-21(20)16-27)24(30)26-14-17-10-12-19(13-11-17)18-6-2-1-3-7-18/h1-13,20-23,28-29H,14-16H2,(H,26,30)/t20?,21?,22-,23-/m1/s1. The van der Waals surface area contributed by atoms with Gasteiger partial charge in [-0.3, -0.25) is 9.59 Å². The number of nitrogens with one attached hydrogen (secondary N) is 1. The van der Waals surface area contributed by atoms with E-state index in [1.165, 1.54) is 4.90 Å². The number of likely N-dealkylation sites (tertiary alicyclic amines) is 1. The molecule has 2 aromatic carbocycles. The van der Waals surface area contributed by atoms with Crippen molar-refractivity contribution in [3.63, 3.8) is 0 Å². The molecule has 4 rings (SSSR count). The van der Waals surface area contributed by atoms with Crippen molar-refractivity contribution >= 4 is 11.8 Å². The number of carbonyl (C=O) groups is 2. The monoisotopic (exact) mass is 418 g/mol. The van der Waals surface area contributed by atoms with E-state index in [2.05, 4.69) is 5.32 Å². The minimum Gasteiger partial charge on any atom is -0.380 e. The molecule has 0 spiro atoms. The van der Waals surface area contributed by atoms with Crippen LogP contribution in [-0.2, 0) is 16.1 Å². The first kappa shape index (κ1) is 21.0. The summed E-state index contributed by atoms with van der Waals surface area (Å²) in [4.78, 5) is 26.4. The molecule has 4 atom stereocenters. The zero-order chi connectivity index (χ0) is 21.8. The van der Waals surface area contributed by atoms with Gasteiger partial charge in [0.15, 0.2) is 12.2 Å². The number of rotatable bonds is 6. The number of hydrogen-bond donors (Lipinski definition) is 3. The molecule has 2 aromatic rings. The van der Waals surface area contributed by atoms with E-state index in [1.54, 1.807) is 0 Å². The van der Waals surface area contributed by atoms with Gasteiger partial charge in [0.2, 0.25) is 0 Å². The maximum Gasteiger partial charge on any atom is 0.254 e. The van der Waals surface area contributed by atoms with Crippen LogP contribution in [0.15, 0.2) is 78.9 Å². The van der Waals surface area contributed by atoms with Gasteiger partial charge >= 0.3 is 0 Å². The molecule has 6 heteroatoms. The average molecular weight is 418 g/mol. The Morgan fingerprint density at radius 1 is 0.871 bits per heavy atom. The highest BCUT2D eigenvalue weighted by Crippen LogP contribution is 2.29. The third-order valence-corrected chi connectivity index (χ3v) is 5.90. The molecule has 2 aliphatic rings. The molecule has 2 amide bonds. The summed E-state index contributed by atoms with van der Waals surface area (Å²) in [5.74, 6) is -0.965. The molecular formula is C25H26N2O4. The molecular weight excluding hydrogens is 392 g/mol. The van der Waals surface area contributed by atoms with E-state index in [0.717, 1.165) is 16.7 Å². The number of nitrogens with zero attached hydrogens (tertiary/aromatic N) is 1. The van der Waals surface area contributed by atoms with E-state index >= 15 is 0 Å². The van der Waals surface area contributed by atoms with Crippen molar-refractivity contribution in [1.82, 2.24) is 10.2 Å². The van der Waals surface area contributed by atoms with Gasteiger partial charge in [-0.05, 0) is 16.7 Å². The summed E-state index contributed by atoms with van der Waals surface area (Å²) in [6.07, 6.45) is 4.37. The van der Waals surface area contributed by atoms with Crippen LogP contribution in [0.5, 0.6) is 0 Å². The first-order valence-corrected chi connectivity index (χ1v) is 10.4. The molecule has 1 fully saturated rings. The molecule has 160 valence electrons. The Hall–Kier alpha value is -3.22. The Bertz CT molecular complexity index is 964. The second kappa shape index (κ2) is 9.29. The Labute approximate surface area is 181 Å². The molecule has 1 heterocycles. The van der Waals surface area contributed by atoms with Crippen LogP contribution in [-0.4, -0.2) is 52.2 Å². The molecule has 0 aromatic heterocycles. The molecule has 3 N–H and O–H groups in total. The number of allylic oxidation sites excluding steroid dienone is 2. The number of hydrogen-bond acceptors (Lipinski definition) is 4. The minimum absolute atomic E-state index is 0.190. The maximum absolute atomic E-state index is 12.6. The lowest BCUT2D eigenvalue weighted by atomic mass is 9.92. The largest absolute Gasteiger partial charge is 0.380 e. The highest BCUT2D eigenvalue weighted by Gasteiger charge is 2.39. The van der Waals surface area contributed by atoms with Gasteiger partial charge in [0, 0.05) is 31.5 Å². The number of carbonyl (C=O) groups excluding carboxylic acids is 2. The topological polar surface area (TPSA) is 89.9 Å². The van der Waals surface area contributed by atoms with Gasteiger partial charge in [0.25, 0.3) is 11.8 Å². The van der Waals surface area contributed by atoms with Crippen LogP contribution < -0.4 is 5.32 Å². The average Bonchev–Trinajstić information content (AvgIpc) is 3.26. The van der Waals surface area contributed by atoms with Crippen molar-refractivity contribution in [1.29, 1.82) is 0 Å². The number of aliphatic hydroxyl groups is 2. The predicted octanol–water partition coefficient (Wildman–Crippen LogP) is 1.89. The van der Waals surface area contributed by atoms with Crippen molar-refractivity contribution in [2.75, 3.05) is 13.1 Å². The summed E-state index contributed by atoms with van der Waals surface area (Å²) in [7, 11) is 0. The van der Waals surface area contributed by atoms with Crippen molar-refractivity contribution in [3.05, 3.63) is 84.5 Å². The normalized spacial score (nSPS) is 21.4. The summed E-state index contributed by atoms with van der Waals surface area (Å²) < 4.78 is 0. The fourth-order valence-corrected chi connectivity index (χ4v) is 4.06. The van der Waals surface area contributed by atoms with Crippen LogP contribution in [0.25, 0.3) is 11.1 Å². The van der Waals surface area contributed by atoms with Crippen LogP contribution in [0.2, 0.25) is 0 Å². The van der Waals surface area contributed by atoms with E-state index in [9.17, 15) is 19.8 Å². The maximum atomic E-state index is 12.6. The van der Waals surface area contributed by atoms with Crippen molar-refractivity contribution in [2.45, 2.75) is 18.8 Å². The van der Waals surface area contributed by atoms with Crippen LogP contribution >= 0.6 is 0 Å². The fraction of sp³-hybridized carbons (Fsp3) is 0.280. The van der Waals surface area contributed by atoms with Gasteiger partial charge in [0.05, 0.1) is 0 Å². The lowest BCUT2D eigenvalue weighted by Crippen LogP contribution is -2.50. The minimum atomic E-state index is -1.81. The fourth-order valence-electron chi connectivity index (χ4n) is 4.06. The highest BCUT2D eigenvalue weighted by atomic mass is 16.3. The molecule has 0 saturated carbocycles. The Morgan fingerprint density at radius 3 is 2.06 bits per heavy atom. The molecule has 0 radical (unpaired) electrons. The molecule has 1 saturated heterocycles. The number of aliphatic hydroxyl groups excluding tert-OH is 2. The number of amides is 2. The van der Waals surface area contributed by atoms with Crippen LogP contribution in [0.4, 0.5) is 0 Å². The molecule has 1 aliphatic carbocycles. The van der Waals surface area contributed by atoms with Gasteiger partial charge in [-0.15, -0.1) is 0 Å². The first-order chi connectivity index (χ1) is 15.0. The lowest BCUT2D eigenvalue weighted by Gasteiger charge is -2.23. The van der Waals surface area contributed by atoms with E-state index in [1.807, 2.05) is 78.9 Å².